The Bertz CT molecular complexity index is 2240. The largest absolute Gasteiger partial charge is 0.374 e. The third-order valence-corrected chi connectivity index (χ3v) is 12.7. The standard InChI is InChI=1S/C45H52F2N8O4/c1-28-13-22-55(41(57)23-28)35-4-2-3-32(24-35)42-38(47)26-48-45(52-42)50-33-7-5-31(6-8-33)44(59)54-20-14-29(15-21-54)27-53-18-16-30(17-19-53)36-10-9-34(25-37(36)46)49-39-11-12-40(56)51-43(39)58/h2-4,9-10,13,22-26,29-31,33,39,49H,5-8,11-12,14-21,27H2,1H3,(H,48,50,52)(H,51,56,58). The first-order chi connectivity index (χ1) is 28.6. The van der Waals surface area contributed by atoms with Crippen LogP contribution in [0.5, 0.6) is 0 Å². The van der Waals surface area contributed by atoms with Crippen LogP contribution in [0, 0.1) is 30.4 Å². The molecule has 4 fully saturated rings. The zero-order valence-corrected chi connectivity index (χ0v) is 33.5. The van der Waals surface area contributed by atoms with Crippen LogP contribution in [0.25, 0.3) is 16.9 Å². The number of benzene rings is 2. The summed E-state index contributed by atoms with van der Waals surface area (Å²) in [5.41, 5.74) is 3.27. The average molecular weight is 807 g/mol. The quantitative estimate of drug-likeness (QED) is 0.160. The van der Waals surface area contributed by atoms with Crippen LogP contribution in [0.4, 0.5) is 20.4 Å². The molecule has 2 aromatic carbocycles. The van der Waals surface area contributed by atoms with Crippen LogP contribution in [-0.4, -0.2) is 86.9 Å². The fourth-order valence-corrected chi connectivity index (χ4v) is 9.27. The highest BCUT2D eigenvalue weighted by Gasteiger charge is 2.33. The average Bonchev–Trinajstić information content (AvgIpc) is 3.23. The number of piperidine rings is 3. The molecule has 59 heavy (non-hydrogen) atoms. The van der Waals surface area contributed by atoms with Gasteiger partial charge in [-0.25, -0.2) is 18.7 Å². The first kappa shape index (κ1) is 40.3. The molecule has 5 heterocycles. The minimum absolute atomic E-state index is 0.0103. The fourth-order valence-electron chi connectivity index (χ4n) is 9.27. The Balaban J connectivity index is 0.763. The lowest BCUT2D eigenvalue weighted by Crippen LogP contribution is -2.47. The van der Waals surface area contributed by atoms with Gasteiger partial charge in [-0.2, -0.15) is 0 Å². The van der Waals surface area contributed by atoms with Crippen LogP contribution in [0.15, 0.2) is 71.8 Å². The van der Waals surface area contributed by atoms with E-state index in [9.17, 15) is 19.2 Å². The molecule has 4 aromatic rings. The normalized spacial score (nSPS) is 22.2. The number of hydrogen-bond donors (Lipinski definition) is 3. The number of carbonyl (C=O) groups excluding carboxylic acids is 3. The molecular formula is C45H52F2N8O4. The van der Waals surface area contributed by atoms with E-state index in [1.807, 2.05) is 25.1 Å². The first-order valence-electron chi connectivity index (χ1n) is 21.1. The molecule has 3 amide bonds. The van der Waals surface area contributed by atoms with Gasteiger partial charge in [0.1, 0.15) is 17.6 Å². The number of imide groups is 1. The molecule has 1 atom stereocenters. The number of aromatic nitrogens is 3. The van der Waals surface area contributed by atoms with Gasteiger partial charge in [-0.15, -0.1) is 0 Å². The van der Waals surface area contributed by atoms with Gasteiger partial charge in [0, 0.05) is 67.2 Å². The van der Waals surface area contributed by atoms with Gasteiger partial charge in [0.15, 0.2) is 5.82 Å². The van der Waals surface area contributed by atoms with E-state index >= 15 is 8.78 Å². The minimum Gasteiger partial charge on any atom is -0.374 e. The van der Waals surface area contributed by atoms with E-state index in [-0.39, 0.29) is 59.1 Å². The number of hydrogen-bond acceptors (Lipinski definition) is 9. The summed E-state index contributed by atoms with van der Waals surface area (Å²) in [6.45, 7) is 6.21. The maximum absolute atomic E-state index is 15.2. The van der Waals surface area contributed by atoms with Crippen molar-refractivity contribution in [1.29, 1.82) is 0 Å². The van der Waals surface area contributed by atoms with Gasteiger partial charge in [0.05, 0.1) is 6.20 Å². The predicted octanol–water partition coefficient (Wildman–Crippen LogP) is 6.19. The van der Waals surface area contributed by atoms with Gasteiger partial charge in [0.25, 0.3) is 5.56 Å². The van der Waals surface area contributed by atoms with E-state index in [2.05, 4.69) is 35.7 Å². The number of nitrogens with one attached hydrogen (secondary N) is 3. The molecule has 0 bridgehead atoms. The van der Waals surface area contributed by atoms with Gasteiger partial charge in [-0.3, -0.25) is 29.1 Å². The van der Waals surface area contributed by atoms with E-state index < -0.39 is 11.9 Å². The molecule has 310 valence electrons. The monoisotopic (exact) mass is 806 g/mol. The van der Waals surface area contributed by atoms with Crippen molar-refractivity contribution in [3.8, 4) is 16.9 Å². The van der Waals surface area contributed by atoms with Gasteiger partial charge < -0.3 is 20.4 Å². The Kier molecular flexibility index (Phi) is 12.1. The van der Waals surface area contributed by atoms with Crippen molar-refractivity contribution in [1.82, 2.24) is 29.7 Å². The minimum atomic E-state index is -0.550. The maximum Gasteiger partial charge on any atom is 0.255 e. The lowest BCUT2D eigenvalue weighted by Gasteiger charge is -2.39. The molecule has 14 heteroatoms. The molecule has 0 spiro atoms. The summed E-state index contributed by atoms with van der Waals surface area (Å²) in [4.78, 5) is 63.0. The number of rotatable bonds is 10. The van der Waals surface area contributed by atoms with Gasteiger partial charge >= 0.3 is 0 Å². The summed E-state index contributed by atoms with van der Waals surface area (Å²) in [5.74, 6) is -0.233. The number of aryl methyl sites for hydroxylation is 1. The second-order valence-electron chi connectivity index (χ2n) is 16.8. The highest BCUT2D eigenvalue weighted by Crippen LogP contribution is 2.34. The van der Waals surface area contributed by atoms with Crippen LogP contribution in [-0.2, 0) is 14.4 Å². The lowest BCUT2D eigenvalue weighted by atomic mass is 9.84. The van der Waals surface area contributed by atoms with Crippen LogP contribution in [0.3, 0.4) is 0 Å². The summed E-state index contributed by atoms with van der Waals surface area (Å²) in [6, 6.07) is 15.1. The highest BCUT2D eigenvalue weighted by molar-refractivity contribution is 6.01. The molecule has 4 aliphatic rings. The number of pyridine rings is 1. The molecule has 12 nitrogen and oxygen atoms in total. The molecular weight excluding hydrogens is 755 g/mol. The van der Waals surface area contributed by atoms with Crippen LogP contribution in [0.2, 0.25) is 0 Å². The van der Waals surface area contributed by atoms with E-state index in [4.69, 9.17) is 0 Å². The topological polar surface area (TPSA) is 142 Å². The second kappa shape index (κ2) is 17.8. The number of anilines is 2. The van der Waals surface area contributed by atoms with Crippen molar-refractivity contribution in [2.75, 3.05) is 43.4 Å². The van der Waals surface area contributed by atoms with Crippen molar-refractivity contribution in [2.24, 2.45) is 11.8 Å². The number of amides is 3. The zero-order valence-electron chi connectivity index (χ0n) is 33.5. The smallest absolute Gasteiger partial charge is 0.255 e. The number of likely N-dealkylation sites (tertiary alicyclic amines) is 2. The summed E-state index contributed by atoms with van der Waals surface area (Å²) < 4.78 is 31.8. The molecule has 1 aliphatic carbocycles. The first-order valence-corrected chi connectivity index (χ1v) is 21.1. The van der Waals surface area contributed by atoms with Gasteiger partial charge in [-0.1, -0.05) is 18.2 Å². The number of halogens is 2. The highest BCUT2D eigenvalue weighted by atomic mass is 19.1. The molecule has 8 rings (SSSR count). The van der Waals surface area contributed by atoms with Gasteiger partial charge in [0.2, 0.25) is 23.7 Å². The van der Waals surface area contributed by atoms with E-state index in [0.29, 0.717) is 40.8 Å². The second-order valence-corrected chi connectivity index (χ2v) is 16.8. The van der Waals surface area contributed by atoms with Crippen LogP contribution in [0.1, 0.15) is 81.3 Å². The molecule has 3 aliphatic heterocycles. The van der Waals surface area contributed by atoms with Crippen LogP contribution < -0.4 is 21.5 Å². The van der Waals surface area contributed by atoms with E-state index in [0.717, 1.165) is 89.7 Å². The summed E-state index contributed by atoms with van der Waals surface area (Å²) in [7, 11) is 0. The molecule has 1 saturated carbocycles. The number of nitrogens with zero attached hydrogens (tertiary/aromatic N) is 5. The van der Waals surface area contributed by atoms with Crippen molar-refractivity contribution in [2.45, 2.75) is 89.1 Å². The molecule has 3 N–H and O–H groups in total. The van der Waals surface area contributed by atoms with E-state index in [1.54, 1.807) is 36.5 Å². The fraction of sp³-hybridized carbons (Fsp3) is 0.467. The van der Waals surface area contributed by atoms with Crippen molar-refractivity contribution >= 4 is 29.4 Å². The Morgan fingerprint density at radius 2 is 1.63 bits per heavy atom. The molecule has 1 unspecified atom stereocenters. The third kappa shape index (κ3) is 9.53. The Hall–Kier alpha value is -5.50. The SMILES string of the molecule is Cc1ccn(-c2cccc(-c3nc(NC4CCC(C(=O)N5CCC(CN6CCC(c7ccc(NC8CCC(=O)NC8=O)cc7F)CC6)CC5)CC4)ncc3F)c2)c(=O)c1. The Morgan fingerprint density at radius 1 is 0.847 bits per heavy atom. The lowest BCUT2D eigenvalue weighted by molar-refractivity contribution is -0.138. The summed E-state index contributed by atoms with van der Waals surface area (Å²) in [5, 5.41) is 8.77. The maximum atomic E-state index is 15.2. The molecule has 2 aromatic heterocycles. The van der Waals surface area contributed by atoms with Crippen molar-refractivity contribution in [3.63, 3.8) is 0 Å². The van der Waals surface area contributed by atoms with Crippen molar-refractivity contribution < 1.29 is 23.2 Å². The Morgan fingerprint density at radius 3 is 2.36 bits per heavy atom. The van der Waals surface area contributed by atoms with Crippen LogP contribution >= 0.6 is 0 Å². The van der Waals surface area contributed by atoms with Gasteiger partial charge in [-0.05, 0) is 131 Å². The molecule has 3 saturated heterocycles. The molecule has 0 radical (unpaired) electrons. The summed E-state index contributed by atoms with van der Waals surface area (Å²) >= 11 is 0. The van der Waals surface area contributed by atoms with Crippen molar-refractivity contribution in [3.05, 3.63) is 100 Å². The number of carbonyl (C=O) groups is 3. The predicted molar refractivity (Wildman–Crippen MR) is 221 cm³/mol. The summed E-state index contributed by atoms with van der Waals surface area (Å²) in [6.07, 6.45) is 10.4. The third-order valence-electron chi connectivity index (χ3n) is 12.7. The zero-order chi connectivity index (χ0) is 41.0. The Labute approximate surface area is 342 Å². The van der Waals surface area contributed by atoms with E-state index in [1.165, 1.54) is 16.8 Å².